The highest BCUT2D eigenvalue weighted by molar-refractivity contribution is 6.10. The zero-order valence-electron chi connectivity index (χ0n) is 11.8. The van der Waals surface area contributed by atoms with Gasteiger partial charge in [-0.15, -0.1) is 0 Å². The van der Waals surface area contributed by atoms with Crippen LogP contribution in [0.4, 0.5) is 5.69 Å². The number of anilines is 1. The molecule has 2 rings (SSSR count). The Balaban J connectivity index is 2.29. The van der Waals surface area contributed by atoms with Gasteiger partial charge in [-0.3, -0.25) is 4.79 Å². The van der Waals surface area contributed by atoms with Crippen molar-refractivity contribution in [3.8, 4) is 0 Å². The molecule has 0 spiro atoms. The van der Waals surface area contributed by atoms with Crippen molar-refractivity contribution in [2.75, 3.05) is 5.32 Å². The molecule has 0 radical (unpaired) electrons. The van der Waals surface area contributed by atoms with Gasteiger partial charge in [-0.25, -0.2) is 4.79 Å². The number of carbonyl (C=O) groups is 2. The molecule has 4 nitrogen and oxygen atoms in total. The van der Waals surface area contributed by atoms with Crippen LogP contribution >= 0.6 is 0 Å². The van der Waals surface area contributed by atoms with Crippen LogP contribution in [-0.2, 0) is 6.42 Å². The Labute approximate surface area is 123 Å². The monoisotopic (exact) mass is 283 g/mol. The topological polar surface area (TPSA) is 66.4 Å². The molecule has 4 heteroatoms. The molecule has 0 aromatic heterocycles. The molecule has 0 aliphatic rings. The highest BCUT2D eigenvalue weighted by Gasteiger charge is 2.16. The van der Waals surface area contributed by atoms with Gasteiger partial charge >= 0.3 is 5.97 Å². The van der Waals surface area contributed by atoms with Crippen molar-refractivity contribution in [2.24, 2.45) is 0 Å². The van der Waals surface area contributed by atoms with E-state index in [4.69, 9.17) is 5.11 Å². The number of aryl methyl sites for hydroxylation is 1. The first-order valence-corrected chi connectivity index (χ1v) is 6.85. The summed E-state index contributed by atoms with van der Waals surface area (Å²) in [5.41, 5.74) is 1.94. The van der Waals surface area contributed by atoms with Gasteiger partial charge < -0.3 is 10.4 Å². The first kappa shape index (κ1) is 14.8. The average molecular weight is 283 g/mol. The van der Waals surface area contributed by atoms with Gasteiger partial charge in [0.15, 0.2) is 0 Å². The molecule has 0 saturated carbocycles. The van der Waals surface area contributed by atoms with Crippen LogP contribution in [0.3, 0.4) is 0 Å². The molecule has 21 heavy (non-hydrogen) atoms. The van der Waals surface area contributed by atoms with Crippen molar-refractivity contribution in [2.45, 2.75) is 19.8 Å². The molecule has 2 aromatic carbocycles. The van der Waals surface area contributed by atoms with Crippen LogP contribution in [0.25, 0.3) is 0 Å². The maximum atomic E-state index is 12.3. The van der Waals surface area contributed by atoms with E-state index >= 15 is 0 Å². The molecular weight excluding hydrogens is 266 g/mol. The Kier molecular flexibility index (Phi) is 4.72. The van der Waals surface area contributed by atoms with Crippen LogP contribution in [-0.4, -0.2) is 17.0 Å². The predicted octanol–water partition coefficient (Wildman–Crippen LogP) is 3.59. The summed E-state index contributed by atoms with van der Waals surface area (Å²) >= 11 is 0. The summed E-state index contributed by atoms with van der Waals surface area (Å²) in [6.07, 6.45) is 1.83. The van der Waals surface area contributed by atoms with Gasteiger partial charge in [0.25, 0.3) is 5.91 Å². The van der Waals surface area contributed by atoms with E-state index in [1.165, 1.54) is 12.1 Å². The van der Waals surface area contributed by atoms with Gasteiger partial charge in [0.2, 0.25) is 0 Å². The number of nitrogens with one attached hydrogen (secondary N) is 1. The maximum Gasteiger partial charge on any atom is 0.336 e. The molecule has 108 valence electrons. The Morgan fingerprint density at radius 3 is 2.29 bits per heavy atom. The van der Waals surface area contributed by atoms with E-state index in [1.54, 1.807) is 12.1 Å². The molecule has 0 saturated heterocycles. The molecule has 0 heterocycles. The number of aromatic carboxylic acids is 1. The van der Waals surface area contributed by atoms with Gasteiger partial charge in [-0.2, -0.15) is 0 Å². The molecular formula is C17H17NO3. The lowest BCUT2D eigenvalue weighted by atomic mass is 10.1. The quantitative estimate of drug-likeness (QED) is 0.881. The van der Waals surface area contributed by atoms with Crippen molar-refractivity contribution < 1.29 is 14.7 Å². The number of carbonyl (C=O) groups excluding carboxylic acids is 1. The minimum atomic E-state index is -1.11. The number of hydrogen-bond acceptors (Lipinski definition) is 2. The summed E-state index contributed by atoms with van der Waals surface area (Å²) < 4.78 is 0. The second-order valence-corrected chi connectivity index (χ2v) is 4.71. The number of carboxylic acid groups (broad SMARTS) is 1. The Morgan fingerprint density at radius 2 is 1.62 bits per heavy atom. The fourth-order valence-electron chi connectivity index (χ4n) is 2.19. The van der Waals surface area contributed by atoms with Gasteiger partial charge in [-0.1, -0.05) is 43.7 Å². The van der Waals surface area contributed by atoms with Crippen LogP contribution in [0.15, 0.2) is 48.5 Å². The molecule has 2 N–H and O–H groups in total. The Bertz CT molecular complexity index is 665. The highest BCUT2D eigenvalue weighted by Crippen LogP contribution is 2.19. The number of rotatable bonds is 5. The van der Waals surface area contributed by atoms with Crippen LogP contribution in [0, 0.1) is 0 Å². The SMILES string of the molecule is CCCc1ccccc1NC(=O)c1ccccc1C(=O)O. The predicted molar refractivity (Wildman–Crippen MR) is 81.8 cm³/mol. The van der Waals surface area contributed by atoms with E-state index in [-0.39, 0.29) is 11.1 Å². The average Bonchev–Trinajstić information content (AvgIpc) is 2.49. The number of carboxylic acids is 1. The Hall–Kier alpha value is -2.62. The van der Waals surface area contributed by atoms with Crippen molar-refractivity contribution in [1.29, 1.82) is 0 Å². The van der Waals surface area contributed by atoms with Crippen molar-refractivity contribution in [3.05, 3.63) is 65.2 Å². The maximum absolute atomic E-state index is 12.3. The second-order valence-electron chi connectivity index (χ2n) is 4.71. The lowest BCUT2D eigenvalue weighted by Crippen LogP contribution is -2.17. The number of amides is 1. The summed E-state index contributed by atoms with van der Waals surface area (Å²) in [5, 5.41) is 11.9. The molecule has 0 fully saturated rings. The van der Waals surface area contributed by atoms with E-state index in [9.17, 15) is 9.59 Å². The zero-order valence-corrected chi connectivity index (χ0v) is 11.8. The van der Waals surface area contributed by atoms with Crippen molar-refractivity contribution in [1.82, 2.24) is 0 Å². The molecule has 0 atom stereocenters. The fourth-order valence-corrected chi connectivity index (χ4v) is 2.19. The summed E-state index contributed by atoms with van der Waals surface area (Å²) in [7, 11) is 0. The smallest absolute Gasteiger partial charge is 0.336 e. The minimum Gasteiger partial charge on any atom is -0.478 e. The molecule has 0 aliphatic carbocycles. The van der Waals surface area contributed by atoms with Gasteiger partial charge in [0, 0.05) is 5.69 Å². The van der Waals surface area contributed by atoms with Crippen LogP contribution < -0.4 is 5.32 Å². The summed E-state index contributed by atoms with van der Waals surface area (Å²) in [4.78, 5) is 23.5. The normalized spacial score (nSPS) is 10.1. The third-order valence-corrected chi connectivity index (χ3v) is 3.19. The summed E-state index contributed by atoms with van der Waals surface area (Å²) in [6, 6.07) is 13.7. The van der Waals surface area contributed by atoms with Gasteiger partial charge in [0.1, 0.15) is 0 Å². The van der Waals surface area contributed by atoms with Crippen LogP contribution in [0.1, 0.15) is 39.6 Å². The zero-order chi connectivity index (χ0) is 15.2. The van der Waals surface area contributed by atoms with Crippen molar-refractivity contribution >= 4 is 17.6 Å². The van der Waals surface area contributed by atoms with Crippen molar-refractivity contribution in [3.63, 3.8) is 0 Å². The largest absolute Gasteiger partial charge is 0.478 e. The van der Waals surface area contributed by atoms with Gasteiger partial charge in [-0.05, 0) is 30.2 Å². The van der Waals surface area contributed by atoms with E-state index in [0.29, 0.717) is 0 Å². The van der Waals surface area contributed by atoms with Crippen LogP contribution in [0.5, 0.6) is 0 Å². The van der Waals surface area contributed by atoms with Gasteiger partial charge in [0.05, 0.1) is 11.1 Å². The second kappa shape index (κ2) is 6.70. The summed E-state index contributed by atoms with van der Waals surface area (Å²) in [5.74, 6) is -1.51. The Morgan fingerprint density at radius 1 is 1.00 bits per heavy atom. The van der Waals surface area contributed by atoms with E-state index in [0.717, 1.165) is 24.1 Å². The minimum absolute atomic E-state index is 0.00275. The lowest BCUT2D eigenvalue weighted by Gasteiger charge is -2.11. The summed E-state index contributed by atoms with van der Waals surface area (Å²) in [6.45, 7) is 2.07. The third-order valence-electron chi connectivity index (χ3n) is 3.19. The first-order valence-electron chi connectivity index (χ1n) is 6.85. The molecule has 0 bridgehead atoms. The fraction of sp³-hybridized carbons (Fsp3) is 0.176. The van der Waals surface area contributed by atoms with E-state index in [2.05, 4.69) is 12.2 Å². The first-order chi connectivity index (χ1) is 10.1. The van der Waals surface area contributed by atoms with E-state index < -0.39 is 11.9 Å². The number of benzene rings is 2. The molecule has 2 aromatic rings. The number of hydrogen-bond donors (Lipinski definition) is 2. The molecule has 0 aliphatic heterocycles. The number of para-hydroxylation sites is 1. The van der Waals surface area contributed by atoms with Crippen LogP contribution in [0.2, 0.25) is 0 Å². The highest BCUT2D eigenvalue weighted by atomic mass is 16.4. The molecule has 1 amide bonds. The molecule has 0 unspecified atom stereocenters. The standard InChI is InChI=1S/C17H17NO3/c1-2-7-12-8-3-6-11-15(12)18-16(19)13-9-4-5-10-14(13)17(20)21/h3-6,8-11H,2,7H2,1H3,(H,18,19)(H,20,21). The third kappa shape index (κ3) is 3.48. The lowest BCUT2D eigenvalue weighted by molar-refractivity contribution is 0.0692. The van der Waals surface area contributed by atoms with E-state index in [1.807, 2.05) is 24.3 Å².